The molecule has 27 heavy (non-hydrogen) atoms. The van der Waals surface area contributed by atoms with Crippen LogP contribution in [0.1, 0.15) is 5.56 Å². The fourth-order valence-corrected chi connectivity index (χ4v) is 3.19. The van der Waals surface area contributed by atoms with Crippen LogP contribution in [0.15, 0.2) is 35.3 Å². The number of hydrogen-bond acceptors (Lipinski definition) is 5. The van der Waals surface area contributed by atoms with Crippen LogP contribution in [0.2, 0.25) is 5.02 Å². The van der Waals surface area contributed by atoms with Crippen molar-refractivity contribution in [1.82, 2.24) is 15.1 Å². The monoisotopic (exact) mass is 401 g/mol. The third kappa shape index (κ3) is 4.92. The Kier molecular flexibility index (Phi) is 5.91. The van der Waals surface area contributed by atoms with E-state index in [9.17, 15) is 18.0 Å². The van der Waals surface area contributed by atoms with Gasteiger partial charge in [0.15, 0.2) is 0 Å². The summed E-state index contributed by atoms with van der Waals surface area (Å²) in [5.74, 6) is 0. The van der Waals surface area contributed by atoms with E-state index in [1.807, 2.05) is 4.90 Å². The van der Waals surface area contributed by atoms with Crippen molar-refractivity contribution in [3.05, 3.63) is 51.4 Å². The Bertz CT molecular complexity index is 834. The number of alkyl halides is 3. The highest BCUT2D eigenvalue weighted by atomic mass is 35.5. The first-order valence-corrected chi connectivity index (χ1v) is 8.84. The summed E-state index contributed by atoms with van der Waals surface area (Å²) < 4.78 is 38.6. The molecule has 0 unspecified atom stereocenters. The van der Waals surface area contributed by atoms with E-state index in [0.29, 0.717) is 31.9 Å². The Balaban J connectivity index is 1.50. The van der Waals surface area contributed by atoms with Crippen LogP contribution in [0.25, 0.3) is 0 Å². The van der Waals surface area contributed by atoms with Crippen LogP contribution in [0.4, 0.5) is 24.5 Å². The predicted octanol–water partition coefficient (Wildman–Crippen LogP) is 2.68. The number of nitrogens with zero attached hydrogens (tertiary/aromatic N) is 3. The van der Waals surface area contributed by atoms with Crippen LogP contribution in [0, 0.1) is 0 Å². The van der Waals surface area contributed by atoms with Crippen LogP contribution in [-0.2, 0) is 6.18 Å². The lowest BCUT2D eigenvalue weighted by Gasteiger charge is -2.36. The number of aromatic nitrogens is 2. The Morgan fingerprint density at radius 2 is 1.96 bits per heavy atom. The number of hydrogen-bond donors (Lipinski definition) is 2. The number of halogens is 4. The summed E-state index contributed by atoms with van der Waals surface area (Å²) >= 11 is 5.94. The van der Waals surface area contributed by atoms with Gasteiger partial charge in [-0.25, -0.2) is 5.10 Å². The van der Waals surface area contributed by atoms with Crippen LogP contribution in [0.5, 0.6) is 0 Å². The second-order valence-electron chi connectivity index (χ2n) is 6.23. The lowest BCUT2D eigenvalue weighted by Crippen LogP contribution is -2.47. The normalized spacial score (nSPS) is 15.8. The number of aromatic amines is 1. The summed E-state index contributed by atoms with van der Waals surface area (Å²) in [6.07, 6.45) is -2.98. The average molecular weight is 402 g/mol. The quantitative estimate of drug-likeness (QED) is 0.806. The second kappa shape index (κ2) is 8.18. The van der Waals surface area contributed by atoms with Gasteiger partial charge in [-0.15, -0.1) is 0 Å². The molecule has 6 nitrogen and oxygen atoms in total. The molecular formula is C17H19ClF3N5O. The minimum Gasteiger partial charge on any atom is -0.378 e. The largest absolute Gasteiger partial charge is 0.416 e. The molecule has 0 spiro atoms. The summed E-state index contributed by atoms with van der Waals surface area (Å²) in [6.45, 7) is 3.93. The molecule has 0 aliphatic carbocycles. The molecule has 146 valence electrons. The van der Waals surface area contributed by atoms with Gasteiger partial charge in [0.1, 0.15) is 5.69 Å². The third-order valence-corrected chi connectivity index (χ3v) is 4.74. The van der Waals surface area contributed by atoms with Gasteiger partial charge in [-0.05, 0) is 18.2 Å². The minimum absolute atomic E-state index is 0.258. The van der Waals surface area contributed by atoms with Crippen LogP contribution in [0.3, 0.4) is 0 Å². The van der Waals surface area contributed by atoms with E-state index < -0.39 is 11.7 Å². The summed E-state index contributed by atoms with van der Waals surface area (Å²) in [7, 11) is 0. The Hall–Kier alpha value is -2.26. The molecule has 0 radical (unpaired) electrons. The molecule has 2 N–H and O–H groups in total. The minimum atomic E-state index is -4.34. The van der Waals surface area contributed by atoms with Crippen LogP contribution in [-0.4, -0.2) is 54.4 Å². The third-order valence-electron chi connectivity index (χ3n) is 4.45. The molecule has 3 rings (SSSR count). The van der Waals surface area contributed by atoms with E-state index in [1.54, 1.807) is 6.07 Å². The van der Waals surface area contributed by atoms with Crippen molar-refractivity contribution < 1.29 is 13.2 Å². The van der Waals surface area contributed by atoms with E-state index in [-0.39, 0.29) is 16.3 Å². The topological polar surface area (TPSA) is 64.3 Å². The fraction of sp³-hybridized carbons (Fsp3) is 0.412. The van der Waals surface area contributed by atoms with Gasteiger partial charge >= 0.3 is 6.18 Å². The summed E-state index contributed by atoms with van der Waals surface area (Å²) in [5, 5.41) is 9.18. The van der Waals surface area contributed by atoms with Crippen molar-refractivity contribution in [1.29, 1.82) is 0 Å². The smallest absolute Gasteiger partial charge is 0.378 e. The van der Waals surface area contributed by atoms with E-state index in [4.69, 9.17) is 11.6 Å². The molecule has 0 amide bonds. The van der Waals surface area contributed by atoms with Gasteiger partial charge in [0.25, 0.3) is 5.56 Å². The van der Waals surface area contributed by atoms with E-state index in [0.717, 1.165) is 19.2 Å². The van der Waals surface area contributed by atoms with Gasteiger partial charge in [0.2, 0.25) is 0 Å². The highest BCUT2D eigenvalue weighted by molar-refractivity contribution is 6.32. The van der Waals surface area contributed by atoms with Crippen molar-refractivity contribution in [2.75, 3.05) is 49.5 Å². The van der Waals surface area contributed by atoms with Gasteiger partial charge < -0.3 is 10.2 Å². The molecule has 1 fully saturated rings. The fourth-order valence-electron chi connectivity index (χ4n) is 2.99. The van der Waals surface area contributed by atoms with Gasteiger partial charge in [-0.3, -0.25) is 9.69 Å². The molecule has 2 aromatic rings. The van der Waals surface area contributed by atoms with Gasteiger partial charge in [0.05, 0.1) is 16.8 Å². The lowest BCUT2D eigenvalue weighted by atomic mass is 10.1. The summed E-state index contributed by atoms with van der Waals surface area (Å²) in [5.41, 5.74) is -0.144. The van der Waals surface area contributed by atoms with E-state index in [1.165, 1.54) is 18.3 Å². The summed E-state index contributed by atoms with van der Waals surface area (Å²) in [4.78, 5) is 15.8. The SMILES string of the molecule is O=c1[nH]ncc(Cl)c1NCCN1CCN(c2cccc(C(F)(F)F)c2)CC1. The average Bonchev–Trinajstić information content (AvgIpc) is 2.64. The summed E-state index contributed by atoms with van der Waals surface area (Å²) in [6, 6.07) is 5.40. The first kappa shape index (κ1) is 19.5. The Morgan fingerprint density at radius 1 is 1.22 bits per heavy atom. The number of rotatable bonds is 5. The first-order chi connectivity index (χ1) is 12.8. The number of anilines is 2. The number of nitrogens with one attached hydrogen (secondary N) is 2. The van der Waals surface area contributed by atoms with Crippen molar-refractivity contribution in [3.63, 3.8) is 0 Å². The van der Waals surface area contributed by atoms with E-state index in [2.05, 4.69) is 20.4 Å². The standard InChI is InChI=1S/C17H19ClF3N5O/c18-14-11-23-24-16(27)15(14)22-4-5-25-6-8-26(9-7-25)13-3-1-2-12(10-13)17(19,20)21/h1-3,10-11H,4-9H2,(H,22,23)(H,24,27). The first-order valence-electron chi connectivity index (χ1n) is 8.46. The number of H-pyrrole nitrogens is 1. The maximum atomic E-state index is 12.9. The second-order valence-corrected chi connectivity index (χ2v) is 6.63. The Morgan fingerprint density at radius 3 is 2.63 bits per heavy atom. The predicted molar refractivity (Wildman–Crippen MR) is 98.5 cm³/mol. The lowest BCUT2D eigenvalue weighted by molar-refractivity contribution is -0.137. The maximum Gasteiger partial charge on any atom is 0.416 e. The van der Waals surface area contributed by atoms with Crippen molar-refractivity contribution in [2.45, 2.75) is 6.18 Å². The van der Waals surface area contributed by atoms with Gasteiger partial charge in [0, 0.05) is 45.0 Å². The molecule has 1 saturated heterocycles. The molecule has 2 heterocycles. The molecule has 1 aromatic carbocycles. The zero-order chi connectivity index (χ0) is 19.4. The number of benzene rings is 1. The Labute approximate surface area is 158 Å². The molecule has 1 aliphatic heterocycles. The van der Waals surface area contributed by atoms with Crippen LogP contribution >= 0.6 is 11.6 Å². The van der Waals surface area contributed by atoms with Crippen molar-refractivity contribution in [3.8, 4) is 0 Å². The van der Waals surface area contributed by atoms with Gasteiger partial charge in [-0.2, -0.15) is 18.3 Å². The zero-order valence-electron chi connectivity index (χ0n) is 14.4. The van der Waals surface area contributed by atoms with Crippen molar-refractivity contribution >= 4 is 23.0 Å². The highest BCUT2D eigenvalue weighted by Gasteiger charge is 2.31. The highest BCUT2D eigenvalue weighted by Crippen LogP contribution is 2.31. The molecule has 1 aromatic heterocycles. The molecule has 10 heteroatoms. The molecular weight excluding hydrogens is 383 g/mol. The maximum absolute atomic E-state index is 12.9. The van der Waals surface area contributed by atoms with Crippen molar-refractivity contribution in [2.24, 2.45) is 0 Å². The number of piperazine rings is 1. The molecule has 0 atom stereocenters. The zero-order valence-corrected chi connectivity index (χ0v) is 15.1. The molecule has 0 saturated carbocycles. The van der Waals surface area contributed by atoms with E-state index >= 15 is 0 Å². The van der Waals surface area contributed by atoms with Gasteiger partial charge in [-0.1, -0.05) is 17.7 Å². The molecule has 0 bridgehead atoms. The van der Waals surface area contributed by atoms with Crippen LogP contribution < -0.4 is 15.8 Å². The molecule has 1 aliphatic rings.